The summed E-state index contributed by atoms with van der Waals surface area (Å²) in [6.07, 6.45) is 4.29. The fourth-order valence-electron chi connectivity index (χ4n) is 3.36. The smallest absolute Gasteiger partial charge is 0.309 e. The Kier molecular flexibility index (Phi) is 8.67. The van der Waals surface area contributed by atoms with Crippen LogP contribution in [0.1, 0.15) is 24.7 Å². The van der Waals surface area contributed by atoms with E-state index in [0.29, 0.717) is 19.6 Å². The van der Waals surface area contributed by atoms with Crippen LogP contribution in [0.4, 0.5) is 0 Å². The van der Waals surface area contributed by atoms with E-state index < -0.39 is 14.4 Å². The Labute approximate surface area is 170 Å². The molecule has 1 aliphatic heterocycles. The predicted molar refractivity (Wildman–Crippen MR) is 116 cm³/mol. The average molecular weight is 403 g/mol. The van der Waals surface area contributed by atoms with Gasteiger partial charge in [0.25, 0.3) is 0 Å². The van der Waals surface area contributed by atoms with Crippen LogP contribution >= 0.6 is 0 Å². The minimum atomic E-state index is -1.25. The van der Waals surface area contributed by atoms with Crippen LogP contribution in [0.25, 0.3) is 0 Å². The normalized spacial score (nSPS) is 22.1. The molecule has 4 nitrogen and oxygen atoms in total. The number of carbonyl (C=O) groups excluding carboxylic acids is 1. The first-order valence-corrected chi connectivity index (χ1v) is 13.8. The van der Waals surface area contributed by atoms with Gasteiger partial charge in [-0.25, -0.2) is 0 Å². The largest absolute Gasteiger partial charge is 0.466 e. The summed E-state index contributed by atoms with van der Waals surface area (Å²) in [5.74, 6) is -0.668. The predicted octanol–water partition coefficient (Wildman–Crippen LogP) is 5.37. The molecule has 0 N–H and O–H groups in total. The van der Waals surface area contributed by atoms with Gasteiger partial charge in [-0.2, -0.15) is 0 Å². The number of hydrogen-bond donors (Lipinski definition) is 0. The summed E-state index contributed by atoms with van der Waals surface area (Å²) < 4.78 is 17.7. The van der Waals surface area contributed by atoms with Crippen LogP contribution in [-0.4, -0.2) is 33.4 Å². The molecule has 5 heteroatoms. The number of esters is 1. The summed E-state index contributed by atoms with van der Waals surface area (Å²) in [6, 6.07) is 10.8. The summed E-state index contributed by atoms with van der Waals surface area (Å²) >= 11 is 0. The topological polar surface area (TPSA) is 44.8 Å². The van der Waals surface area contributed by atoms with E-state index in [0.717, 1.165) is 18.0 Å². The Hall–Kier alpha value is -1.69. The Morgan fingerprint density at radius 1 is 1.29 bits per heavy atom. The van der Waals surface area contributed by atoms with Crippen molar-refractivity contribution in [2.75, 3.05) is 13.2 Å². The second-order valence-electron chi connectivity index (χ2n) is 8.50. The van der Waals surface area contributed by atoms with E-state index >= 15 is 0 Å². The van der Waals surface area contributed by atoms with Crippen molar-refractivity contribution in [2.45, 2.75) is 50.9 Å². The Bertz CT molecular complexity index is 638. The van der Waals surface area contributed by atoms with Crippen LogP contribution in [0.2, 0.25) is 25.7 Å². The molecule has 1 saturated heterocycles. The van der Waals surface area contributed by atoms with Crippen molar-refractivity contribution in [2.24, 2.45) is 11.8 Å². The van der Waals surface area contributed by atoms with Crippen molar-refractivity contribution in [1.82, 2.24) is 0 Å². The minimum absolute atomic E-state index is 0.146. The van der Waals surface area contributed by atoms with Gasteiger partial charge in [-0.3, -0.25) is 4.79 Å². The standard InChI is InChI=1S/C23H34O4Si/c1-6-11-20(22(24)25-16-17-28(3,4)5)19(7-2)21-14-15-26-23(27-21)18-12-9-8-10-13-18/h6-10,12-13,19-21,23H,1-2,11,14-17H2,3-5H3/t19-,20-,21+,23+/m1/s1. The summed E-state index contributed by atoms with van der Waals surface area (Å²) in [5.41, 5.74) is 0.980. The second-order valence-corrected chi connectivity index (χ2v) is 14.1. The van der Waals surface area contributed by atoms with Gasteiger partial charge in [0.2, 0.25) is 0 Å². The van der Waals surface area contributed by atoms with Crippen LogP contribution in [0.15, 0.2) is 55.6 Å². The second kappa shape index (κ2) is 10.7. The van der Waals surface area contributed by atoms with Gasteiger partial charge >= 0.3 is 5.97 Å². The van der Waals surface area contributed by atoms with Crippen LogP contribution in [0.5, 0.6) is 0 Å². The van der Waals surface area contributed by atoms with E-state index in [9.17, 15) is 4.79 Å². The number of ether oxygens (including phenoxy) is 3. The van der Waals surface area contributed by atoms with Gasteiger partial charge in [0.1, 0.15) is 0 Å². The maximum atomic E-state index is 12.8. The lowest BCUT2D eigenvalue weighted by Crippen LogP contribution is -2.39. The van der Waals surface area contributed by atoms with E-state index in [1.807, 2.05) is 36.4 Å². The number of allylic oxidation sites excluding steroid dienone is 1. The monoisotopic (exact) mass is 402 g/mol. The van der Waals surface area contributed by atoms with Gasteiger partial charge in [0.15, 0.2) is 6.29 Å². The maximum Gasteiger partial charge on any atom is 0.309 e. The SMILES string of the molecule is C=CC[C@@H](C(=O)OCC[Si](C)(C)C)[C@@H](C=C)[C@@H]1CCO[C@H](c2ccccc2)O1. The lowest BCUT2D eigenvalue weighted by atomic mass is 9.83. The molecular weight excluding hydrogens is 368 g/mol. The molecule has 1 heterocycles. The summed E-state index contributed by atoms with van der Waals surface area (Å²) in [4.78, 5) is 12.8. The highest BCUT2D eigenvalue weighted by Crippen LogP contribution is 2.34. The van der Waals surface area contributed by atoms with Crippen molar-refractivity contribution < 1.29 is 19.0 Å². The van der Waals surface area contributed by atoms with Crippen LogP contribution in [0, 0.1) is 11.8 Å². The highest BCUT2D eigenvalue weighted by Gasteiger charge is 2.37. The first kappa shape index (κ1) is 22.6. The molecule has 1 aromatic carbocycles. The molecule has 1 aliphatic rings. The van der Waals surface area contributed by atoms with E-state index in [-0.39, 0.29) is 23.9 Å². The van der Waals surface area contributed by atoms with Gasteiger partial charge in [-0.1, -0.05) is 62.1 Å². The van der Waals surface area contributed by atoms with Crippen molar-refractivity contribution >= 4 is 14.0 Å². The lowest BCUT2D eigenvalue weighted by Gasteiger charge is -2.36. The number of benzene rings is 1. The van der Waals surface area contributed by atoms with E-state index in [4.69, 9.17) is 14.2 Å². The van der Waals surface area contributed by atoms with Gasteiger partial charge in [0.05, 0.1) is 25.2 Å². The zero-order valence-electron chi connectivity index (χ0n) is 17.4. The molecule has 0 aromatic heterocycles. The molecule has 0 radical (unpaired) electrons. The van der Waals surface area contributed by atoms with Crippen LogP contribution in [-0.2, 0) is 19.0 Å². The molecule has 2 rings (SSSR count). The third-order valence-corrected chi connectivity index (χ3v) is 6.73. The first-order valence-electron chi connectivity index (χ1n) is 10.1. The van der Waals surface area contributed by atoms with E-state index in [1.54, 1.807) is 6.08 Å². The highest BCUT2D eigenvalue weighted by molar-refractivity contribution is 6.76. The molecule has 1 aromatic rings. The van der Waals surface area contributed by atoms with Crippen molar-refractivity contribution in [3.05, 3.63) is 61.2 Å². The first-order chi connectivity index (χ1) is 13.4. The molecule has 0 saturated carbocycles. The fraction of sp³-hybridized carbons (Fsp3) is 0.522. The lowest BCUT2D eigenvalue weighted by molar-refractivity contribution is -0.230. The Balaban J connectivity index is 2.06. The Morgan fingerprint density at radius 3 is 2.61 bits per heavy atom. The maximum absolute atomic E-state index is 12.8. The van der Waals surface area contributed by atoms with Crippen molar-refractivity contribution in [3.8, 4) is 0 Å². The molecule has 1 fully saturated rings. The molecule has 0 bridgehead atoms. The summed E-state index contributed by atoms with van der Waals surface area (Å²) in [5, 5.41) is 0. The zero-order chi connectivity index (χ0) is 20.6. The molecule has 0 spiro atoms. The van der Waals surface area contributed by atoms with Crippen molar-refractivity contribution in [1.29, 1.82) is 0 Å². The van der Waals surface area contributed by atoms with Gasteiger partial charge < -0.3 is 14.2 Å². The third-order valence-electron chi connectivity index (χ3n) is 5.03. The molecule has 154 valence electrons. The quantitative estimate of drug-likeness (QED) is 0.300. The number of rotatable bonds is 10. The summed E-state index contributed by atoms with van der Waals surface area (Å²) in [6.45, 7) is 15.7. The molecule has 0 unspecified atom stereocenters. The molecule has 0 aliphatic carbocycles. The molecule has 0 amide bonds. The van der Waals surface area contributed by atoms with E-state index in [1.165, 1.54) is 0 Å². The van der Waals surface area contributed by atoms with Crippen molar-refractivity contribution in [3.63, 3.8) is 0 Å². The van der Waals surface area contributed by atoms with Gasteiger partial charge in [-0.05, 0) is 18.9 Å². The molecular formula is C23H34O4Si. The molecule has 28 heavy (non-hydrogen) atoms. The summed E-state index contributed by atoms with van der Waals surface area (Å²) in [7, 11) is -1.25. The van der Waals surface area contributed by atoms with Gasteiger partial charge in [0, 0.05) is 19.6 Å². The Morgan fingerprint density at radius 2 is 2.00 bits per heavy atom. The highest BCUT2D eigenvalue weighted by atomic mass is 28.3. The van der Waals surface area contributed by atoms with Gasteiger partial charge in [-0.15, -0.1) is 13.2 Å². The minimum Gasteiger partial charge on any atom is -0.466 e. The fourth-order valence-corrected chi connectivity index (χ4v) is 4.07. The molecule has 4 atom stereocenters. The third kappa shape index (κ3) is 6.73. The number of hydrogen-bond acceptors (Lipinski definition) is 4. The van der Waals surface area contributed by atoms with E-state index in [2.05, 4.69) is 32.8 Å². The van der Waals surface area contributed by atoms with Crippen LogP contribution < -0.4 is 0 Å². The average Bonchev–Trinajstić information content (AvgIpc) is 2.68. The zero-order valence-corrected chi connectivity index (χ0v) is 18.4. The number of carbonyl (C=O) groups is 1. The van der Waals surface area contributed by atoms with Crippen LogP contribution in [0.3, 0.4) is 0 Å².